The van der Waals surface area contributed by atoms with Gasteiger partial charge in [-0.25, -0.2) is 4.98 Å². The van der Waals surface area contributed by atoms with E-state index < -0.39 is 0 Å². The number of aryl methyl sites for hydroxylation is 1. The molecule has 0 bridgehead atoms. The number of nitrogens with zero attached hydrogens (tertiary/aromatic N) is 1. The Labute approximate surface area is 120 Å². The summed E-state index contributed by atoms with van der Waals surface area (Å²) in [4.78, 5) is 15.9. The minimum absolute atomic E-state index is 0.150. The summed E-state index contributed by atoms with van der Waals surface area (Å²) in [5, 5.41) is 0. The standard InChI is InChI=1S/C17H21NO2/c1-2-3-4-5-6-7-14-8-10-15(11-9-14)16(19)17-18-12-13-20-17/h8-13H,2-7H2,1H3. The quantitative estimate of drug-likeness (QED) is 0.527. The van der Waals surface area contributed by atoms with Crippen LogP contribution in [0, 0.1) is 0 Å². The van der Waals surface area contributed by atoms with Gasteiger partial charge in [-0.1, -0.05) is 56.9 Å². The molecule has 0 aliphatic carbocycles. The molecule has 0 amide bonds. The molecule has 0 fully saturated rings. The molecule has 0 atom stereocenters. The Morgan fingerprint density at radius 1 is 1.10 bits per heavy atom. The third-order valence-electron chi connectivity index (χ3n) is 3.41. The lowest BCUT2D eigenvalue weighted by Crippen LogP contribution is -2.01. The highest BCUT2D eigenvalue weighted by Gasteiger charge is 2.12. The number of aromatic nitrogens is 1. The molecule has 1 heterocycles. The van der Waals surface area contributed by atoms with Gasteiger partial charge in [-0.05, 0) is 18.4 Å². The third kappa shape index (κ3) is 4.05. The monoisotopic (exact) mass is 271 g/mol. The highest BCUT2D eigenvalue weighted by atomic mass is 16.3. The minimum Gasteiger partial charge on any atom is -0.442 e. The Kier molecular flexibility index (Phi) is 5.54. The largest absolute Gasteiger partial charge is 0.442 e. The summed E-state index contributed by atoms with van der Waals surface area (Å²) >= 11 is 0. The number of oxazole rings is 1. The van der Waals surface area contributed by atoms with Gasteiger partial charge in [-0.2, -0.15) is 0 Å². The topological polar surface area (TPSA) is 43.1 Å². The van der Waals surface area contributed by atoms with Crippen molar-refractivity contribution < 1.29 is 9.21 Å². The molecule has 0 aliphatic heterocycles. The third-order valence-corrected chi connectivity index (χ3v) is 3.41. The van der Waals surface area contributed by atoms with Gasteiger partial charge in [0.15, 0.2) is 0 Å². The molecule has 2 rings (SSSR count). The van der Waals surface area contributed by atoms with Crippen molar-refractivity contribution in [3.8, 4) is 0 Å². The second kappa shape index (κ2) is 7.63. The predicted octanol–water partition coefficient (Wildman–Crippen LogP) is 4.42. The van der Waals surface area contributed by atoms with E-state index in [1.165, 1.54) is 50.1 Å². The molecule has 0 radical (unpaired) electrons. The summed E-state index contributed by atoms with van der Waals surface area (Å²) < 4.78 is 5.02. The van der Waals surface area contributed by atoms with Gasteiger partial charge in [0.25, 0.3) is 5.89 Å². The molecule has 1 aromatic carbocycles. The molecule has 0 saturated heterocycles. The van der Waals surface area contributed by atoms with Crippen LogP contribution in [-0.4, -0.2) is 10.8 Å². The Balaban J connectivity index is 1.85. The van der Waals surface area contributed by atoms with Crippen LogP contribution in [0.15, 0.2) is 41.1 Å². The molecule has 0 spiro atoms. The number of ketones is 1. The Bertz CT molecular complexity index is 514. The first kappa shape index (κ1) is 14.5. The molecule has 3 heteroatoms. The molecular formula is C17H21NO2. The van der Waals surface area contributed by atoms with Gasteiger partial charge in [-0.15, -0.1) is 0 Å². The molecule has 20 heavy (non-hydrogen) atoms. The molecule has 0 N–H and O–H groups in total. The van der Waals surface area contributed by atoms with Crippen LogP contribution in [0.25, 0.3) is 0 Å². The summed E-state index contributed by atoms with van der Waals surface area (Å²) in [6.07, 6.45) is 10.4. The van der Waals surface area contributed by atoms with Gasteiger partial charge in [0.2, 0.25) is 5.78 Å². The zero-order valence-electron chi connectivity index (χ0n) is 12.0. The number of benzene rings is 1. The lowest BCUT2D eigenvalue weighted by Gasteiger charge is -2.03. The molecule has 1 aromatic heterocycles. The first-order valence-electron chi connectivity index (χ1n) is 7.34. The highest BCUT2D eigenvalue weighted by molar-refractivity contribution is 6.05. The second-order valence-corrected chi connectivity index (χ2v) is 5.03. The predicted molar refractivity (Wildman–Crippen MR) is 78.8 cm³/mol. The lowest BCUT2D eigenvalue weighted by molar-refractivity contribution is 0.100. The number of carbonyl (C=O) groups excluding carboxylic acids is 1. The van der Waals surface area contributed by atoms with Gasteiger partial charge in [0.1, 0.15) is 6.26 Å². The Morgan fingerprint density at radius 3 is 2.50 bits per heavy atom. The van der Waals surface area contributed by atoms with Gasteiger partial charge in [0.05, 0.1) is 6.20 Å². The van der Waals surface area contributed by atoms with E-state index in [-0.39, 0.29) is 11.7 Å². The smallest absolute Gasteiger partial charge is 0.268 e. The van der Waals surface area contributed by atoms with Crippen LogP contribution in [-0.2, 0) is 6.42 Å². The van der Waals surface area contributed by atoms with E-state index in [0.29, 0.717) is 5.56 Å². The average molecular weight is 271 g/mol. The fourth-order valence-electron chi connectivity index (χ4n) is 2.21. The summed E-state index contributed by atoms with van der Waals surface area (Å²) in [5.41, 5.74) is 1.91. The average Bonchev–Trinajstić information content (AvgIpc) is 3.01. The maximum Gasteiger partial charge on any atom is 0.268 e. The number of hydrogen-bond donors (Lipinski definition) is 0. The molecular weight excluding hydrogens is 250 g/mol. The van der Waals surface area contributed by atoms with Gasteiger partial charge >= 0.3 is 0 Å². The molecule has 2 aromatic rings. The molecule has 0 aliphatic rings. The van der Waals surface area contributed by atoms with Gasteiger partial charge in [0, 0.05) is 5.56 Å². The summed E-state index contributed by atoms with van der Waals surface area (Å²) in [6, 6.07) is 7.76. The molecule has 0 unspecified atom stereocenters. The number of hydrogen-bond acceptors (Lipinski definition) is 3. The van der Waals surface area contributed by atoms with Crippen LogP contribution in [0.3, 0.4) is 0 Å². The summed E-state index contributed by atoms with van der Waals surface area (Å²) in [6.45, 7) is 2.23. The first-order valence-corrected chi connectivity index (χ1v) is 7.34. The van der Waals surface area contributed by atoms with E-state index in [9.17, 15) is 4.79 Å². The van der Waals surface area contributed by atoms with E-state index in [1.807, 2.05) is 24.3 Å². The Morgan fingerprint density at radius 2 is 1.85 bits per heavy atom. The van der Waals surface area contributed by atoms with Crippen LogP contribution in [0.5, 0.6) is 0 Å². The van der Waals surface area contributed by atoms with Crippen LogP contribution >= 0.6 is 0 Å². The fourth-order valence-corrected chi connectivity index (χ4v) is 2.21. The Hall–Kier alpha value is -1.90. The molecule has 0 saturated carbocycles. The highest BCUT2D eigenvalue weighted by Crippen LogP contribution is 2.13. The maximum absolute atomic E-state index is 12.0. The number of unbranched alkanes of at least 4 members (excludes halogenated alkanes) is 4. The van der Waals surface area contributed by atoms with Crippen molar-refractivity contribution in [2.24, 2.45) is 0 Å². The van der Waals surface area contributed by atoms with Crippen LogP contribution in [0.2, 0.25) is 0 Å². The van der Waals surface area contributed by atoms with Crippen molar-refractivity contribution in [1.82, 2.24) is 4.98 Å². The van der Waals surface area contributed by atoms with Crippen LogP contribution < -0.4 is 0 Å². The molecule has 106 valence electrons. The van der Waals surface area contributed by atoms with Crippen LogP contribution in [0.1, 0.15) is 60.8 Å². The zero-order valence-corrected chi connectivity index (χ0v) is 12.0. The normalized spacial score (nSPS) is 10.7. The van der Waals surface area contributed by atoms with Crippen molar-refractivity contribution in [2.75, 3.05) is 0 Å². The SMILES string of the molecule is CCCCCCCc1ccc(C(=O)c2ncco2)cc1. The van der Waals surface area contributed by atoms with Crippen molar-refractivity contribution >= 4 is 5.78 Å². The number of carbonyl (C=O) groups is 1. The molecule has 3 nitrogen and oxygen atoms in total. The second-order valence-electron chi connectivity index (χ2n) is 5.03. The van der Waals surface area contributed by atoms with Crippen molar-refractivity contribution in [3.63, 3.8) is 0 Å². The first-order chi connectivity index (χ1) is 9.81. The fraction of sp³-hybridized carbons (Fsp3) is 0.412. The summed E-state index contributed by atoms with van der Waals surface area (Å²) in [7, 11) is 0. The van der Waals surface area contributed by atoms with Gasteiger partial charge < -0.3 is 4.42 Å². The maximum atomic E-state index is 12.0. The van der Waals surface area contributed by atoms with Crippen molar-refractivity contribution in [3.05, 3.63) is 53.7 Å². The van der Waals surface area contributed by atoms with E-state index >= 15 is 0 Å². The minimum atomic E-state index is -0.163. The number of rotatable bonds is 8. The van der Waals surface area contributed by atoms with Gasteiger partial charge in [-0.3, -0.25) is 4.79 Å². The van der Waals surface area contributed by atoms with E-state index in [4.69, 9.17) is 4.42 Å². The lowest BCUT2D eigenvalue weighted by atomic mass is 10.0. The zero-order chi connectivity index (χ0) is 14.2. The summed E-state index contributed by atoms with van der Waals surface area (Å²) in [5.74, 6) is -0.0122. The van der Waals surface area contributed by atoms with Crippen LogP contribution in [0.4, 0.5) is 0 Å². The van der Waals surface area contributed by atoms with E-state index in [0.717, 1.165) is 6.42 Å². The van der Waals surface area contributed by atoms with Crippen molar-refractivity contribution in [1.29, 1.82) is 0 Å². The van der Waals surface area contributed by atoms with E-state index in [1.54, 1.807) is 0 Å². The van der Waals surface area contributed by atoms with E-state index in [2.05, 4.69) is 11.9 Å². The van der Waals surface area contributed by atoms with Crippen molar-refractivity contribution in [2.45, 2.75) is 45.4 Å².